The van der Waals surface area contributed by atoms with Crippen molar-refractivity contribution in [3.8, 4) is 0 Å². The van der Waals surface area contributed by atoms with E-state index in [1.165, 1.54) is 0 Å². The van der Waals surface area contributed by atoms with Crippen molar-refractivity contribution in [3.63, 3.8) is 0 Å². The first-order chi connectivity index (χ1) is 9.09. The molecule has 0 aromatic rings. The Labute approximate surface area is 122 Å². The molecule has 1 heterocycles. The van der Waals surface area contributed by atoms with E-state index in [0.717, 1.165) is 25.9 Å². The average molecular weight is 284 g/mol. The Morgan fingerprint density at radius 3 is 2.50 bits per heavy atom. The number of hydrogen-bond donors (Lipinski definition) is 1. The van der Waals surface area contributed by atoms with Crippen LogP contribution in [0.2, 0.25) is 0 Å². The predicted octanol–water partition coefficient (Wildman–Crippen LogP) is 2.55. The van der Waals surface area contributed by atoms with Crippen LogP contribution < -0.4 is 5.32 Å². The zero-order valence-corrected chi connectivity index (χ0v) is 13.4. The number of amides is 2. The van der Waals surface area contributed by atoms with Crippen LogP contribution >= 0.6 is 0 Å². The van der Waals surface area contributed by atoms with Gasteiger partial charge in [-0.1, -0.05) is 13.8 Å². The Bertz CT molecular complexity index is 359. The highest BCUT2D eigenvalue weighted by Crippen LogP contribution is 2.28. The van der Waals surface area contributed by atoms with E-state index in [9.17, 15) is 9.59 Å². The first-order valence-electron chi connectivity index (χ1n) is 7.34. The van der Waals surface area contributed by atoms with E-state index in [0.29, 0.717) is 13.0 Å². The van der Waals surface area contributed by atoms with E-state index < -0.39 is 11.7 Å². The van der Waals surface area contributed by atoms with Gasteiger partial charge in [0.1, 0.15) is 5.60 Å². The largest absolute Gasteiger partial charge is 0.444 e. The third-order valence-corrected chi connectivity index (χ3v) is 3.26. The minimum Gasteiger partial charge on any atom is -0.444 e. The first kappa shape index (κ1) is 16.8. The molecule has 2 amide bonds. The summed E-state index contributed by atoms with van der Waals surface area (Å²) in [6, 6.07) is 0. The first-order valence-corrected chi connectivity index (χ1v) is 7.34. The molecular formula is C15H28N2O3. The zero-order chi connectivity index (χ0) is 15.4. The molecule has 1 rings (SSSR count). The number of likely N-dealkylation sites (tertiary alicyclic amines) is 1. The molecular weight excluding hydrogens is 256 g/mol. The number of carbonyl (C=O) groups excluding carboxylic acids is 2. The average Bonchev–Trinajstić information content (AvgIpc) is 2.24. The van der Waals surface area contributed by atoms with Crippen LogP contribution in [0.1, 0.15) is 53.9 Å². The molecule has 0 saturated carbocycles. The summed E-state index contributed by atoms with van der Waals surface area (Å²) in [6.07, 6.45) is 2.07. The number of piperidine rings is 1. The van der Waals surface area contributed by atoms with Gasteiger partial charge < -0.3 is 15.0 Å². The van der Waals surface area contributed by atoms with E-state index in [-0.39, 0.29) is 11.3 Å². The highest BCUT2D eigenvalue weighted by atomic mass is 16.6. The molecule has 0 aromatic heterocycles. The van der Waals surface area contributed by atoms with Crippen molar-refractivity contribution in [2.75, 3.05) is 19.6 Å². The summed E-state index contributed by atoms with van der Waals surface area (Å²) in [6.45, 7) is 11.8. The molecule has 0 bridgehead atoms. The molecule has 1 fully saturated rings. The van der Waals surface area contributed by atoms with Crippen LogP contribution in [0.4, 0.5) is 4.79 Å². The molecule has 1 aliphatic heterocycles. The summed E-state index contributed by atoms with van der Waals surface area (Å²) >= 11 is 0. The van der Waals surface area contributed by atoms with E-state index in [4.69, 9.17) is 4.74 Å². The summed E-state index contributed by atoms with van der Waals surface area (Å²) in [7, 11) is 0. The molecule has 20 heavy (non-hydrogen) atoms. The van der Waals surface area contributed by atoms with Crippen molar-refractivity contribution in [2.45, 2.75) is 59.5 Å². The van der Waals surface area contributed by atoms with Gasteiger partial charge in [-0.3, -0.25) is 4.79 Å². The number of hydrogen-bond acceptors (Lipinski definition) is 3. The maximum absolute atomic E-state index is 12.1. The highest BCUT2D eigenvalue weighted by Gasteiger charge is 2.28. The summed E-state index contributed by atoms with van der Waals surface area (Å²) in [5, 5.41) is 2.62. The smallest absolute Gasteiger partial charge is 0.407 e. The fourth-order valence-electron chi connectivity index (χ4n) is 2.38. The second-order valence-corrected chi connectivity index (χ2v) is 7.26. The fourth-order valence-corrected chi connectivity index (χ4v) is 2.38. The third-order valence-electron chi connectivity index (χ3n) is 3.26. The maximum atomic E-state index is 12.1. The molecule has 116 valence electrons. The number of nitrogens with one attached hydrogen (secondary N) is 1. The molecule has 0 radical (unpaired) electrons. The van der Waals surface area contributed by atoms with Crippen LogP contribution in [0, 0.1) is 5.41 Å². The van der Waals surface area contributed by atoms with Gasteiger partial charge in [-0.15, -0.1) is 0 Å². The molecule has 1 N–H and O–H groups in total. The van der Waals surface area contributed by atoms with Crippen molar-refractivity contribution in [1.82, 2.24) is 10.2 Å². The van der Waals surface area contributed by atoms with E-state index in [2.05, 4.69) is 19.2 Å². The molecule has 1 saturated heterocycles. The number of rotatable bonds is 3. The minimum absolute atomic E-state index is 0.105. The van der Waals surface area contributed by atoms with Gasteiger partial charge in [0.05, 0.1) is 0 Å². The van der Waals surface area contributed by atoms with Crippen LogP contribution in [-0.4, -0.2) is 42.1 Å². The normalized spacial score (nSPS) is 18.6. The number of alkyl carbamates (subject to hydrolysis) is 1. The molecule has 0 aliphatic carbocycles. The highest BCUT2D eigenvalue weighted by molar-refractivity contribution is 5.77. The molecule has 1 aliphatic rings. The zero-order valence-electron chi connectivity index (χ0n) is 13.4. The molecule has 0 aromatic carbocycles. The molecule has 0 atom stereocenters. The van der Waals surface area contributed by atoms with Crippen LogP contribution in [0.25, 0.3) is 0 Å². The molecule has 5 nitrogen and oxygen atoms in total. The molecule has 0 spiro atoms. The van der Waals surface area contributed by atoms with Crippen LogP contribution in [0.15, 0.2) is 0 Å². The lowest BCUT2D eigenvalue weighted by atomic mass is 9.84. The Morgan fingerprint density at radius 2 is 1.95 bits per heavy atom. The lowest BCUT2D eigenvalue weighted by Crippen LogP contribution is -2.44. The maximum Gasteiger partial charge on any atom is 0.407 e. The fraction of sp³-hybridized carbons (Fsp3) is 0.867. The van der Waals surface area contributed by atoms with Gasteiger partial charge in [-0.05, 0) is 39.0 Å². The number of carbonyl (C=O) groups is 2. The Kier molecular flexibility index (Phi) is 5.42. The monoisotopic (exact) mass is 284 g/mol. The summed E-state index contributed by atoms with van der Waals surface area (Å²) in [5.74, 6) is 0.105. The minimum atomic E-state index is -0.509. The molecule has 5 heteroatoms. The molecule has 0 unspecified atom stereocenters. The lowest BCUT2D eigenvalue weighted by Gasteiger charge is -2.38. The van der Waals surface area contributed by atoms with E-state index in [1.807, 2.05) is 25.7 Å². The van der Waals surface area contributed by atoms with Crippen molar-refractivity contribution >= 4 is 12.0 Å². The number of ether oxygens (including phenoxy) is 1. The van der Waals surface area contributed by atoms with Gasteiger partial charge >= 0.3 is 6.09 Å². The van der Waals surface area contributed by atoms with Gasteiger partial charge in [0, 0.05) is 26.1 Å². The van der Waals surface area contributed by atoms with Gasteiger partial charge in [0.25, 0.3) is 0 Å². The Hall–Kier alpha value is -1.26. The second kappa shape index (κ2) is 6.46. The second-order valence-electron chi connectivity index (χ2n) is 7.26. The Morgan fingerprint density at radius 1 is 1.30 bits per heavy atom. The van der Waals surface area contributed by atoms with Crippen molar-refractivity contribution in [3.05, 3.63) is 0 Å². The Balaban J connectivity index is 2.28. The van der Waals surface area contributed by atoms with Gasteiger partial charge in [-0.2, -0.15) is 0 Å². The van der Waals surface area contributed by atoms with E-state index in [1.54, 1.807) is 0 Å². The van der Waals surface area contributed by atoms with Crippen LogP contribution in [0.3, 0.4) is 0 Å². The predicted molar refractivity (Wildman–Crippen MR) is 78.4 cm³/mol. The van der Waals surface area contributed by atoms with Gasteiger partial charge in [-0.25, -0.2) is 4.79 Å². The summed E-state index contributed by atoms with van der Waals surface area (Å²) < 4.78 is 5.12. The van der Waals surface area contributed by atoms with Gasteiger partial charge in [0.15, 0.2) is 0 Å². The summed E-state index contributed by atoms with van der Waals surface area (Å²) in [5.41, 5.74) is -0.308. The van der Waals surface area contributed by atoms with Crippen LogP contribution in [0.5, 0.6) is 0 Å². The topological polar surface area (TPSA) is 58.6 Å². The standard InChI is InChI=1S/C15H28N2O3/c1-14(2,3)20-13(19)16-9-7-12(18)17-10-6-8-15(4,5)11-17/h6-11H2,1-5H3,(H,16,19). The van der Waals surface area contributed by atoms with Crippen LogP contribution in [-0.2, 0) is 9.53 Å². The van der Waals surface area contributed by atoms with Gasteiger partial charge in [0.2, 0.25) is 5.91 Å². The number of nitrogens with zero attached hydrogens (tertiary/aromatic N) is 1. The van der Waals surface area contributed by atoms with E-state index >= 15 is 0 Å². The lowest BCUT2D eigenvalue weighted by molar-refractivity contribution is -0.134. The third kappa shape index (κ3) is 6.26. The quantitative estimate of drug-likeness (QED) is 0.866. The summed E-state index contributed by atoms with van der Waals surface area (Å²) in [4.78, 5) is 25.5. The van der Waals surface area contributed by atoms with Crippen molar-refractivity contribution in [2.24, 2.45) is 5.41 Å². The van der Waals surface area contributed by atoms with Crippen molar-refractivity contribution in [1.29, 1.82) is 0 Å². The van der Waals surface area contributed by atoms with Crippen molar-refractivity contribution < 1.29 is 14.3 Å². The SMILES string of the molecule is CC1(C)CCCN(C(=O)CCNC(=O)OC(C)(C)C)C1.